The quantitative estimate of drug-likeness (QED) is 0.790. The van der Waals surface area contributed by atoms with E-state index in [1.165, 1.54) is 4.88 Å². The zero-order chi connectivity index (χ0) is 9.10. The zero-order valence-electron chi connectivity index (χ0n) is 7.75. The molecule has 13 heavy (non-hydrogen) atoms. The van der Waals surface area contributed by atoms with Crippen molar-refractivity contribution in [2.75, 3.05) is 25.6 Å². The summed E-state index contributed by atoms with van der Waals surface area (Å²) in [5, 5.41) is 4.08. The van der Waals surface area contributed by atoms with Crippen LogP contribution in [0.1, 0.15) is 23.6 Å². The number of nitrogens with zero attached hydrogens (tertiary/aromatic N) is 1. The van der Waals surface area contributed by atoms with Crippen LogP contribution >= 0.6 is 11.3 Å². The zero-order valence-corrected chi connectivity index (χ0v) is 8.56. The Morgan fingerprint density at radius 1 is 1.54 bits per heavy atom. The van der Waals surface area contributed by atoms with E-state index in [-0.39, 0.29) is 0 Å². The highest BCUT2D eigenvalue weighted by Gasteiger charge is 2.17. The first kappa shape index (κ1) is 8.97. The standard InChI is InChI=1S/C9H14N2OS/c1-10-9-11-6-8(13-9)7-2-4-12-5-3-7/h6-7H,2-5H2,1H3,(H,10,11). The molecular weight excluding hydrogens is 184 g/mol. The van der Waals surface area contributed by atoms with Gasteiger partial charge in [0, 0.05) is 31.3 Å². The Balaban J connectivity index is 2.05. The van der Waals surface area contributed by atoms with Crippen LogP contribution in [0, 0.1) is 0 Å². The van der Waals surface area contributed by atoms with Crippen molar-refractivity contribution in [3.05, 3.63) is 11.1 Å². The van der Waals surface area contributed by atoms with Crippen LogP contribution in [0.15, 0.2) is 6.20 Å². The molecule has 0 aliphatic carbocycles. The van der Waals surface area contributed by atoms with E-state index in [2.05, 4.69) is 10.3 Å². The van der Waals surface area contributed by atoms with Crippen LogP contribution < -0.4 is 5.32 Å². The third-order valence-electron chi connectivity index (χ3n) is 2.36. The van der Waals surface area contributed by atoms with Gasteiger partial charge in [-0.25, -0.2) is 4.98 Å². The number of aromatic nitrogens is 1. The fourth-order valence-corrected chi connectivity index (χ4v) is 2.51. The van der Waals surface area contributed by atoms with Gasteiger partial charge in [-0.2, -0.15) is 0 Å². The maximum absolute atomic E-state index is 5.32. The van der Waals surface area contributed by atoms with Gasteiger partial charge < -0.3 is 10.1 Å². The molecule has 0 amide bonds. The van der Waals surface area contributed by atoms with Crippen LogP contribution in [0.3, 0.4) is 0 Å². The second-order valence-electron chi connectivity index (χ2n) is 3.20. The lowest BCUT2D eigenvalue weighted by molar-refractivity contribution is 0.0860. The largest absolute Gasteiger partial charge is 0.381 e. The molecule has 1 N–H and O–H groups in total. The summed E-state index contributed by atoms with van der Waals surface area (Å²) >= 11 is 1.76. The highest BCUT2D eigenvalue weighted by molar-refractivity contribution is 7.15. The number of hydrogen-bond donors (Lipinski definition) is 1. The van der Waals surface area contributed by atoms with Gasteiger partial charge in [0.15, 0.2) is 5.13 Å². The minimum absolute atomic E-state index is 0.674. The summed E-state index contributed by atoms with van der Waals surface area (Å²) in [5.41, 5.74) is 0. The Kier molecular flexibility index (Phi) is 2.80. The van der Waals surface area contributed by atoms with Gasteiger partial charge >= 0.3 is 0 Å². The molecule has 0 spiro atoms. The Morgan fingerprint density at radius 3 is 2.92 bits per heavy atom. The van der Waals surface area contributed by atoms with Crippen LogP contribution in [0.5, 0.6) is 0 Å². The monoisotopic (exact) mass is 198 g/mol. The number of thiazole rings is 1. The summed E-state index contributed by atoms with van der Waals surface area (Å²) in [6.07, 6.45) is 4.28. The first-order chi connectivity index (χ1) is 6.40. The van der Waals surface area contributed by atoms with Crippen molar-refractivity contribution in [3.63, 3.8) is 0 Å². The molecule has 1 aliphatic rings. The van der Waals surface area contributed by atoms with E-state index in [1.807, 2.05) is 13.2 Å². The van der Waals surface area contributed by atoms with Crippen molar-refractivity contribution in [2.24, 2.45) is 0 Å². The van der Waals surface area contributed by atoms with Gasteiger partial charge in [-0.1, -0.05) is 0 Å². The number of ether oxygens (including phenoxy) is 1. The smallest absolute Gasteiger partial charge is 0.182 e. The summed E-state index contributed by atoms with van der Waals surface area (Å²) in [6, 6.07) is 0. The minimum Gasteiger partial charge on any atom is -0.381 e. The first-order valence-electron chi connectivity index (χ1n) is 4.61. The molecule has 1 fully saturated rings. The minimum atomic E-state index is 0.674. The second kappa shape index (κ2) is 4.07. The highest BCUT2D eigenvalue weighted by Crippen LogP contribution is 2.32. The second-order valence-corrected chi connectivity index (χ2v) is 4.27. The lowest BCUT2D eigenvalue weighted by Gasteiger charge is -2.20. The van der Waals surface area contributed by atoms with E-state index in [0.29, 0.717) is 5.92 Å². The number of rotatable bonds is 2. The maximum atomic E-state index is 5.32. The molecule has 0 aromatic carbocycles. The van der Waals surface area contributed by atoms with E-state index in [1.54, 1.807) is 11.3 Å². The summed E-state index contributed by atoms with van der Waals surface area (Å²) in [7, 11) is 1.91. The Morgan fingerprint density at radius 2 is 2.31 bits per heavy atom. The van der Waals surface area contributed by atoms with Gasteiger partial charge in [-0.15, -0.1) is 11.3 Å². The molecule has 1 aromatic heterocycles. The summed E-state index contributed by atoms with van der Waals surface area (Å²) < 4.78 is 5.32. The molecule has 0 unspecified atom stereocenters. The first-order valence-corrected chi connectivity index (χ1v) is 5.43. The van der Waals surface area contributed by atoms with Crippen molar-refractivity contribution in [1.29, 1.82) is 0 Å². The molecule has 0 bridgehead atoms. The highest BCUT2D eigenvalue weighted by atomic mass is 32.1. The third kappa shape index (κ3) is 2.00. The van der Waals surface area contributed by atoms with Crippen molar-refractivity contribution in [2.45, 2.75) is 18.8 Å². The Bertz CT molecular complexity index is 268. The van der Waals surface area contributed by atoms with Gasteiger partial charge in [0.1, 0.15) is 0 Å². The van der Waals surface area contributed by atoms with Crippen LogP contribution in [0.4, 0.5) is 5.13 Å². The van der Waals surface area contributed by atoms with Crippen LogP contribution in [0.25, 0.3) is 0 Å². The van der Waals surface area contributed by atoms with Gasteiger partial charge in [0.05, 0.1) is 0 Å². The van der Waals surface area contributed by atoms with E-state index < -0.39 is 0 Å². The molecule has 1 aliphatic heterocycles. The predicted molar refractivity (Wildman–Crippen MR) is 54.5 cm³/mol. The van der Waals surface area contributed by atoms with E-state index in [4.69, 9.17) is 4.74 Å². The fraction of sp³-hybridized carbons (Fsp3) is 0.667. The SMILES string of the molecule is CNc1ncc(C2CCOCC2)s1. The van der Waals surface area contributed by atoms with E-state index in [9.17, 15) is 0 Å². The summed E-state index contributed by atoms with van der Waals surface area (Å²) in [5.74, 6) is 0.674. The van der Waals surface area contributed by atoms with Crippen molar-refractivity contribution >= 4 is 16.5 Å². The van der Waals surface area contributed by atoms with Gasteiger partial charge in [-0.05, 0) is 18.8 Å². The van der Waals surface area contributed by atoms with Gasteiger partial charge in [-0.3, -0.25) is 0 Å². The Hall–Kier alpha value is -0.610. The third-order valence-corrected chi connectivity index (χ3v) is 3.54. The molecule has 1 saturated heterocycles. The molecule has 4 heteroatoms. The van der Waals surface area contributed by atoms with Crippen LogP contribution in [-0.2, 0) is 4.74 Å². The lowest BCUT2D eigenvalue weighted by Crippen LogP contribution is -2.12. The molecule has 2 rings (SSSR count). The molecule has 0 atom stereocenters. The predicted octanol–water partition coefficient (Wildman–Crippen LogP) is 2.08. The Labute approximate surface area is 82.1 Å². The molecule has 72 valence electrons. The topological polar surface area (TPSA) is 34.2 Å². The maximum Gasteiger partial charge on any atom is 0.182 e. The summed E-state index contributed by atoms with van der Waals surface area (Å²) in [6.45, 7) is 1.80. The van der Waals surface area contributed by atoms with Crippen LogP contribution in [-0.4, -0.2) is 25.2 Å². The molecule has 3 nitrogen and oxygen atoms in total. The number of anilines is 1. The summed E-state index contributed by atoms with van der Waals surface area (Å²) in [4.78, 5) is 5.67. The van der Waals surface area contributed by atoms with E-state index >= 15 is 0 Å². The molecule has 2 heterocycles. The number of hydrogen-bond acceptors (Lipinski definition) is 4. The average Bonchev–Trinajstić information content (AvgIpc) is 2.67. The average molecular weight is 198 g/mol. The van der Waals surface area contributed by atoms with Crippen molar-refractivity contribution < 1.29 is 4.74 Å². The number of nitrogens with one attached hydrogen (secondary N) is 1. The molecule has 1 aromatic rings. The van der Waals surface area contributed by atoms with Crippen molar-refractivity contribution in [3.8, 4) is 0 Å². The molecular formula is C9H14N2OS. The van der Waals surface area contributed by atoms with Gasteiger partial charge in [0.2, 0.25) is 0 Å². The molecule has 0 saturated carbocycles. The van der Waals surface area contributed by atoms with Gasteiger partial charge in [0.25, 0.3) is 0 Å². The normalized spacial score (nSPS) is 18.8. The van der Waals surface area contributed by atoms with E-state index in [0.717, 1.165) is 31.2 Å². The van der Waals surface area contributed by atoms with Crippen molar-refractivity contribution in [1.82, 2.24) is 4.98 Å². The fourth-order valence-electron chi connectivity index (χ4n) is 1.57. The van der Waals surface area contributed by atoms with Crippen LogP contribution in [0.2, 0.25) is 0 Å². The molecule has 0 radical (unpaired) electrons. The lowest BCUT2D eigenvalue weighted by atomic mass is 9.99.